The van der Waals surface area contributed by atoms with Crippen LogP contribution in [0.2, 0.25) is 5.02 Å². The third kappa shape index (κ3) is 7.11. The zero-order chi connectivity index (χ0) is 31.5. The van der Waals surface area contributed by atoms with Crippen molar-refractivity contribution in [2.75, 3.05) is 10.6 Å². The Bertz CT molecular complexity index is 1910. The second kappa shape index (κ2) is 13.5. The molecule has 1 amide bonds. The van der Waals surface area contributed by atoms with Gasteiger partial charge in [0.05, 0.1) is 5.57 Å². The molecule has 0 aliphatic carbocycles. The van der Waals surface area contributed by atoms with Crippen LogP contribution in [0.4, 0.5) is 11.6 Å². The number of ether oxygens (including phenoxy) is 1. The van der Waals surface area contributed by atoms with Crippen LogP contribution >= 0.6 is 39.3 Å². The molecule has 2 N–H and O–H groups in total. The van der Waals surface area contributed by atoms with Gasteiger partial charge in [-0.1, -0.05) is 99.5 Å². The van der Waals surface area contributed by atoms with E-state index in [4.69, 9.17) is 26.4 Å². The van der Waals surface area contributed by atoms with Gasteiger partial charge in [-0.3, -0.25) is 4.79 Å². The number of anilines is 2. The molecule has 0 saturated carbocycles. The molecule has 0 bridgehead atoms. The first-order valence-electron chi connectivity index (χ1n) is 14.4. The molecule has 7 nitrogen and oxygen atoms in total. The molecule has 1 atom stereocenters. The number of hydrogen-bond donors (Lipinski definition) is 2. The molecule has 10 heteroatoms. The third-order valence-electron chi connectivity index (χ3n) is 7.45. The number of rotatable bonds is 9. The maximum atomic E-state index is 14.1. The number of aryl methyl sites for hydroxylation is 2. The van der Waals surface area contributed by atoms with E-state index in [1.54, 1.807) is 4.68 Å². The van der Waals surface area contributed by atoms with Gasteiger partial charge in [-0.05, 0) is 73.9 Å². The maximum Gasteiger partial charge on any atom is 0.255 e. The Labute approximate surface area is 280 Å². The lowest BCUT2D eigenvalue weighted by atomic mass is 9.94. The molecule has 5 aromatic rings. The van der Waals surface area contributed by atoms with E-state index < -0.39 is 6.04 Å². The Morgan fingerprint density at radius 3 is 2.58 bits per heavy atom. The van der Waals surface area contributed by atoms with Crippen LogP contribution in [0, 0.1) is 13.8 Å². The highest BCUT2D eigenvalue weighted by atomic mass is 79.9. The van der Waals surface area contributed by atoms with E-state index in [2.05, 4.69) is 57.8 Å². The van der Waals surface area contributed by atoms with Crippen molar-refractivity contribution in [3.8, 4) is 5.75 Å². The highest BCUT2D eigenvalue weighted by Crippen LogP contribution is 2.42. The summed E-state index contributed by atoms with van der Waals surface area (Å²) in [6.07, 6.45) is 0. The minimum Gasteiger partial charge on any atom is -0.489 e. The lowest BCUT2D eigenvalue weighted by Gasteiger charge is -2.30. The Morgan fingerprint density at radius 2 is 1.80 bits per heavy atom. The first-order valence-corrected chi connectivity index (χ1v) is 16.6. The summed E-state index contributed by atoms with van der Waals surface area (Å²) in [5.41, 5.74) is 6.95. The van der Waals surface area contributed by atoms with Gasteiger partial charge in [0, 0.05) is 32.2 Å². The number of benzene rings is 4. The van der Waals surface area contributed by atoms with E-state index in [0.29, 0.717) is 51.2 Å². The zero-order valence-corrected chi connectivity index (χ0v) is 28.1. The van der Waals surface area contributed by atoms with Gasteiger partial charge in [-0.2, -0.15) is 4.98 Å². The van der Waals surface area contributed by atoms with E-state index in [9.17, 15) is 4.79 Å². The molecule has 0 saturated heterocycles. The monoisotopic (exact) mass is 699 g/mol. The largest absolute Gasteiger partial charge is 0.489 e. The van der Waals surface area contributed by atoms with Crippen LogP contribution in [0.3, 0.4) is 0 Å². The number of allylic oxidation sites excluding steroid dienone is 1. The molecule has 1 aromatic heterocycles. The predicted octanol–water partition coefficient (Wildman–Crippen LogP) is 9.11. The van der Waals surface area contributed by atoms with E-state index in [1.165, 1.54) is 17.3 Å². The molecule has 0 radical (unpaired) electrons. The molecule has 1 aliphatic rings. The van der Waals surface area contributed by atoms with E-state index in [0.717, 1.165) is 26.7 Å². The second-order valence-corrected chi connectivity index (χ2v) is 13.2. The Kier molecular flexibility index (Phi) is 9.30. The number of nitrogens with one attached hydrogen (secondary N) is 2. The summed E-state index contributed by atoms with van der Waals surface area (Å²) in [6.45, 7) is 6.31. The Balaban J connectivity index is 1.39. The number of aromatic nitrogens is 3. The van der Waals surface area contributed by atoms with Crippen molar-refractivity contribution in [3.63, 3.8) is 0 Å². The fourth-order valence-corrected chi connectivity index (χ4v) is 6.66. The number of hydrogen-bond acceptors (Lipinski definition) is 6. The second-order valence-electron chi connectivity index (χ2n) is 10.9. The minimum absolute atomic E-state index is 0.244. The summed E-state index contributed by atoms with van der Waals surface area (Å²) >= 11 is 11.6. The average Bonchev–Trinajstić information content (AvgIpc) is 3.42. The van der Waals surface area contributed by atoms with E-state index in [1.807, 2.05) is 80.6 Å². The molecular formula is C35H31BrClN5O2S. The highest BCUT2D eigenvalue weighted by molar-refractivity contribution is 9.10. The number of halogens is 2. The van der Waals surface area contributed by atoms with Crippen molar-refractivity contribution < 1.29 is 9.53 Å². The van der Waals surface area contributed by atoms with Crippen LogP contribution in [0.25, 0.3) is 0 Å². The first kappa shape index (κ1) is 31.0. The SMILES string of the molecule is CC1=C(C(=O)Nc2cccc(C)c2)C(c2cc(Br)ccc2OCc2ccc(C)cc2)n2nc(SCc3ccccc3Cl)nc2N1. The lowest BCUT2D eigenvalue weighted by Crippen LogP contribution is -2.31. The van der Waals surface area contributed by atoms with Crippen molar-refractivity contribution >= 4 is 56.8 Å². The quantitative estimate of drug-likeness (QED) is 0.149. The molecule has 45 heavy (non-hydrogen) atoms. The Hall–Kier alpha value is -4.05. The van der Waals surface area contributed by atoms with Gasteiger partial charge in [0.15, 0.2) is 0 Å². The smallest absolute Gasteiger partial charge is 0.255 e. The van der Waals surface area contributed by atoms with Crippen LogP contribution in [-0.2, 0) is 17.2 Å². The van der Waals surface area contributed by atoms with Crippen molar-refractivity contribution in [1.82, 2.24) is 14.8 Å². The summed E-state index contributed by atoms with van der Waals surface area (Å²) in [5, 5.41) is 12.6. The molecule has 1 aliphatic heterocycles. The van der Waals surface area contributed by atoms with Crippen LogP contribution in [0.5, 0.6) is 5.75 Å². The molecule has 4 aromatic carbocycles. The lowest BCUT2D eigenvalue weighted by molar-refractivity contribution is -0.113. The van der Waals surface area contributed by atoms with E-state index >= 15 is 0 Å². The topological polar surface area (TPSA) is 81.1 Å². The fraction of sp³-hybridized carbons (Fsp3) is 0.171. The molecule has 228 valence electrons. The summed E-state index contributed by atoms with van der Waals surface area (Å²) in [6, 6.07) is 28.9. The summed E-state index contributed by atoms with van der Waals surface area (Å²) in [4.78, 5) is 18.9. The molecular weight excluding hydrogens is 670 g/mol. The van der Waals surface area contributed by atoms with Gasteiger partial charge in [0.2, 0.25) is 11.1 Å². The third-order valence-corrected chi connectivity index (χ3v) is 9.20. The molecule has 2 heterocycles. The van der Waals surface area contributed by atoms with Crippen molar-refractivity contribution in [2.45, 2.75) is 44.3 Å². The van der Waals surface area contributed by atoms with Crippen LogP contribution in [0.1, 0.15) is 40.8 Å². The maximum absolute atomic E-state index is 14.1. The number of fused-ring (bicyclic) bond motifs is 1. The standard InChI is InChI=1S/C35H31BrClN5O2S/c1-21-11-13-24(14-12-21)19-44-30-16-15-26(36)18-28(30)32-31(33(43)39-27-9-6-7-22(2)17-27)23(3)38-34-40-35(41-42(32)34)45-20-25-8-4-5-10-29(25)37/h4-18,32H,19-20H2,1-3H3,(H,39,43)(H,38,40,41). The minimum atomic E-state index is -0.626. The number of thioether (sulfide) groups is 1. The van der Waals surface area contributed by atoms with Gasteiger partial charge >= 0.3 is 0 Å². The average molecular weight is 701 g/mol. The van der Waals surface area contributed by atoms with Gasteiger partial charge < -0.3 is 15.4 Å². The summed E-state index contributed by atoms with van der Waals surface area (Å²) in [5.74, 6) is 1.54. The van der Waals surface area contributed by atoms with Gasteiger partial charge in [0.1, 0.15) is 18.4 Å². The van der Waals surface area contributed by atoms with Crippen LogP contribution in [0.15, 0.2) is 112 Å². The van der Waals surface area contributed by atoms with Gasteiger partial charge in [-0.15, -0.1) is 5.10 Å². The van der Waals surface area contributed by atoms with Crippen molar-refractivity contribution in [2.24, 2.45) is 0 Å². The fourth-order valence-electron chi connectivity index (χ4n) is 5.16. The summed E-state index contributed by atoms with van der Waals surface area (Å²) < 4.78 is 9.06. The number of nitrogens with zero attached hydrogens (tertiary/aromatic N) is 3. The highest BCUT2D eigenvalue weighted by Gasteiger charge is 2.36. The molecule has 1 unspecified atom stereocenters. The molecule has 6 rings (SSSR count). The summed E-state index contributed by atoms with van der Waals surface area (Å²) in [7, 11) is 0. The normalized spacial score (nSPS) is 14.1. The molecule has 0 spiro atoms. The van der Waals surface area contributed by atoms with Crippen molar-refractivity contribution in [1.29, 1.82) is 0 Å². The number of carbonyl (C=O) groups is 1. The van der Waals surface area contributed by atoms with Crippen LogP contribution in [-0.4, -0.2) is 20.7 Å². The first-order chi connectivity index (χ1) is 21.7. The Morgan fingerprint density at radius 1 is 1.00 bits per heavy atom. The van der Waals surface area contributed by atoms with Crippen LogP contribution < -0.4 is 15.4 Å². The van der Waals surface area contributed by atoms with Gasteiger partial charge in [0.25, 0.3) is 5.91 Å². The van der Waals surface area contributed by atoms with Gasteiger partial charge in [-0.25, -0.2) is 4.68 Å². The van der Waals surface area contributed by atoms with E-state index in [-0.39, 0.29) is 5.91 Å². The number of amides is 1. The predicted molar refractivity (Wildman–Crippen MR) is 185 cm³/mol. The number of carbonyl (C=O) groups excluding carboxylic acids is 1. The van der Waals surface area contributed by atoms with Crippen molar-refractivity contribution in [3.05, 3.63) is 140 Å². The zero-order valence-electron chi connectivity index (χ0n) is 25.0. The molecule has 0 fully saturated rings.